The molecule has 0 unspecified atom stereocenters. The number of fused-ring (bicyclic) bond motifs is 1. The number of nitrogens with zero attached hydrogens (tertiary/aromatic N) is 6. The van der Waals surface area contributed by atoms with Crippen LogP contribution in [0.4, 0.5) is 11.6 Å². The summed E-state index contributed by atoms with van der Waals surface area (Å²) in [6, 6.07) is 3.90. The van der Waals surface area contributed by atoms with E-state index in [1.807, 2.05) is 16.8 Å². The van der Waals surface area contributed by atoms with Gasteiger partial charge < -0.3 is 15.0 Å². The molecule has 8 nitrogen and oxygen atoms in total. The van der Waals surface area contributed by atoms with E-state index in [2.05, 4.69) is 51.0 Å². The van der Waals surface area contributed by atoms with Crippen molar-refractivity contribution in [2.75, 3.05) is 5.32 Å². The maximum Gasteiger partial charge on any atom is 0.173 e. The summed E-state index contributed by atoms with van der Waals surface area (Å²) < 4.78 is 2.01. The average molecular weight is 395 g/mol. The Bertz CT molecular complexity index is 1120. The molecule has 2 N–H and O–H groups in total. The number of hydrogen-bond acceptors (Lipinski definition) is 8. The summed E-state index contributed by atoms with van der Waals surface area (Å²) in [6.07, 6.45) is 6.13. The van der Waals surface area contributed by atoms with Crippen molar-refractivity contribution in [3.05, 3.63) is 41.6 Å². The summed E-state index contributed by atoms with van der Waals surface area (Å²) in [6.45, 7) is 6.08. The molecule has 4 heterocycles. The van der Waals surface area contributed by atoms with Gasteiger partial charge in [0, 0.05) is 24.5 Å². The molecule has 9 heteroatoms. The van der Waals surface area contributed by atoms with Gasteiger partial charge in [0.15, 0.2) is 5.82 Å². The van der Waals surface area contributed by atoms with Crippen LogP contribution in [0.2, 0.25) is 0 Å². The topological polar surface area (TPSA) is 102 Å². The molecule has 144 valence electrons. The van der Waals surface area contributed by atoms with Crippen LogP contribution < -0.4 is 5.32 Å². The summed E-state index contributed by atoms with van der Waals surface area (Å²) in [5.41, 5.74) is 1.67. The zero-order chi connectivity index (χ0) is 19.7. The lowest BCUT2D eigenvalue weighted by molar-refractivity contribution is 0.263. The van der Waals surface area contributed by atoms with Crippen LogP contribution in [0, 0.1) is 0 Å². The van der Waals surface area contributed by atoms with Crippen molar-refractivity contribution < 1.29 is 5.11 Å². The van der Waals surface area contributed by atoms with Crippen molar-refractivity contribution in [3.8, 4) is 10.7 Å². The molecule has 0 amide bonds. The Hall–Kier alpha value is -2.91. The van der Waals surface area contributed by atoms with Crippen molar-refractivity contribution in [1.29, 1.82) is 0 Å². The quantitative estimate of drug-likeness (QED) is 0.513. The lowest BCUT2D eigenvalue weighted by Gasteiger charge is -2.12. The van der Waals surface area contributed by atoms with E-state index in [1.54, 1.807) is 29.8 Å². The molecule has 0 atom stereocenters. The highest BCUT2D eigenvalue weighted by atomic mass is 32.1. The normalized spacial score (nSPS) is 11.5. The maximum absolute atomic E-state index is 9.59. The van der Waals surface area contributed by atoms with Crippen LogP contribution in [0.1, 0.15) is 37.6 Å². The van der Waals surface area contributed by atoms with Crippen LogP contribution in [0.15, 0.2) is 30.7 Å². The van der Waals surface area contributed by atoms with Crippen LogP contribution >= 0.6 is 11.3 Å². The molecule has 0 saturated carbocycles. The van der Waals surface area contributed by atoms with Gasteiger partial charge in [0.05, 0.1) is 21.6 Å². The molecule has 28 heavy (non-hydrogen) atoms. The SMILES string of the molecule is CCc1ncc(-c2nccc(Nc3cc4c(cn3)nc(CO)n4C(C)C)n2)s1. The first kappa shape index (κ1) is 18.5. The predicted octanol–water partition coefficient (Wildman–Crippen LogP) is 3.72. The van der Waals surface area contributed by atoms with Gasteiger partial charge in [-0.25, -0.2) is 24.9 Å². The summed E-state index contributed by atoms with van der Waals surface area (Å²) in [5, 5.41) is 13.9. The van der Waals surface area contributed by atoms with Gasteiger partial charge in [0.2, 0.25) is 0 Å². The van der Waals surface area contributed by atoms with E-state index >= 15 is 0 Å². The summed E-state index contributed by atoms with van der Waals surface area (Å²) in [7, 11) is 0. The van der Waals surface area contributed by atoms with Crippen LogP contribution in [-0.4, -0.2) is 34.6 Å². The number of imidazole rings is 1. The van der Waals surface area contributed by atoms with Gasteiger partial charge in [0.1, 0.15) is 29.6 Å². The lowest BCUT2D eigenvalue weighted by Crippen LogP contribution is -2.06. The molecule has 0 aliphatic heterocycles. The number of aromatic nitrogens is 6. The molecule has 4 aromatic rings. The second kappa shape index (κ2) is 7.61. The number of pyridine rings is 1. The molecule has 0 aliphatic rings. The number of anilines is 2. The molecule has 4 rings (SSSR count). The second-order valence-corrected chi connectivity index (χ2v) is 7.69. The standard InChI is InChI=1S/C19H21N7OS/c1-4-18-22-9-14(28-18)19-20-6-5-15(25-19)24-16-7-13-12(8-21-16)23-17(10-27)26(13)11(2)3/h5-9,11,27H,4,10H2,1-3H3,(H,20,21,24,25). The Morgan fingerprint density at radius 3 is 2.71 bits per heavy atom. The number of aryl methyl sites for hydroxylation is 1. The molecule has 0 radical (unpaired) electrons. The molecule has 0 bridgehead atoms. The Labute approximate surface area is 166 Å². The van der Waals surface area contributed by atoms with E-state index in [4.69, 9.17) is 0 Å². The molecule has 0 aromatic carbocycles. The first-order valence-corrected chi connectivity index (χ1v) is 9.93. The highest BCUT2D eigenvalue weighted by molar-refractivity contribution is 7.15. The Morgan fingerprint density at radius 1 is 1.14 bits per heavy atom. The third-order valence-electron chi connectivity index (χ3n) is 4.29. The number of nitrogens with one attached hydrogen (secondary N) is 1. The number of hydrogen-bond donors (Lipinski definition) is 2. The lowest BCUT2D eigenvalue weighted by atomic mass is 10.3. The molecule has 4 aromatic heterocycles. The van der Waals surface area contributed by atoms with E-state index in [0.29, 0.717) is 23.3 Å². The molecular formula is C19H21N7OS. The van der Waals surface area contributed by atoms with Gasteiger partial charge in [0.25, 0.3) is 0 Å². The third kappa shape index (κ3) is 3.46. The fourth-order valence-corrected chi connectivity index (χ4v) is 3.86. The number of rotatable bonds is 6. The van der Waals surface area contributed by atoms with E-state index < -0.39 is 0 Å². The van der Waals surface area contributed by atoms with Gasteiger partial charge in [-0.15, -0.1) is 11.3 Å². The second-order valence-electron chi connectivity index (χ2n) is 6.57. The first-order valence-electron chi connectivity index (χ1n) is 9.12. The van der Waals surface area contributed by atoms with Crippen LogP contribution in [0.25, 0.3) is 21.7 Å². The minimum atomic E-state index is -0.112. The zero-order valence-electron chi connectivity index (χ0n) is 15.9. The highest BCUT2D eigenvalue weighted by Crippen LogP contribution is 2.26. The van der Waals surface area contributed by atoms with Gasteiger partial charge in [-0.2, -0.15) is 0 Å². The molecule has 0 spiro atoms. The van der Waals surface area contributed by atoms with E-state index in [0.717, 1.165) is 27.3 Å². The third-order valence-corrected chi connectivity index (χ3v) is 5.43. The fraction of sp³-hybridized carbons (Fsp3) is 0.316. The molecule has 0 aliphatic carbocycles. The summed E-state index contributed by atoms with van der Waals surface area (Å²) in [5.74, 6) is 2.58. The Balaban J connectivity index is 1.66. The molecule has 0 saturated heterocycles. The van der Waals surface area contributed by atoms with Gasteiger partial charge >= 0.3 is 0 Å². The van der Waals surface area contributed by atoms with Crippen molar-refractivity contribution >= 4 is 34.0 Å². The Kier molecular flexibility index (Phi) is 5.01. The number of thiazole rings is 1. The summed E-state index contributed by atoms with van der Waals surface area (Å²) >= 11 is 1.60. The van der Waals surface area contributed by atoms with Crippen LogP contribution in [-0.2, 0) is 13.0 Å². The highest BCUT2D eigenvalue weighted by Gasteiger charge is 2.14. The van der Waals surface area contributed by atoms with Crippen molar-refractivity contribution in [2.24, 2.45) is 0 Å². The van der Waals surface area contributed by atoms with Crippen molar-refractivity contribution in [3.63, 3.8) is 0 Å². The fourth-order valence-electron chi connectivity index (χ4n) is 3.06. The maximum atomic E-state index is 9.59. The van der Waals surface area contributed by atoms with Gasteiger partial charge in [-0.3, -0.25) is 0 Å². The zero-order valence-corrected chi connectivity index (χ0v) is 16.7. The van der Waals surface area contributed by atoms with Crippen molar-refractivity contribution in [2.45, 2.75) is 39.8 Å². The average Bonchev–Trinajstić information content (AvgIpc) is 3.32. The van der Waals surface area contributed by atoms with E-state index in [9.17, 15) is 5.11 Å². The minimum Gasteiger partial charge on any atom is -0.388 e. The van der Waals surface area contributed by atoms with Crippen molar-refractivity contribution in [1.82, 2.24) is 29.5 Å². The first-order chi connectivity index (χ1) is 13.6. The Morgan fingerprint density at radius 2 is 2.00 bits per heavy atom. The smallest absolute Gasteiger partial charge is 0.173 e. The minimum absolute atomic E-state index is 0.112. The number of aliphatic hydroxyl groups is 1. The molecular weight excluding hydrogens is 374 g/mol. The van der Waals surface area contributed by atoms with E-state index in [1.165, 1.54) is 0 Å². The van der Waals surface area contributed by atoms with Gasteiger partial charge in [-0.1, -0.05) is 6.92 Å². The molecule has 0 fully saturated rings. The number of aliphatic hydroxyl groups excluding tert-OH is 1. The van der Waals surface area contributed by atoms with Crippen LogP contribution in [0.3, 0.4) is 0 Å². The van der Waals surface area contributed by atoms with Gasteiger partial charge in [-0.05, 0) is 26.3 Å². The monoisotopic (exact) mass is 395 g/mol. The largest absolute Gasteiger partial charge is 0.388 e. The summed E-state index contributed by atoms with van der Waals surface area (Å²) in [4.78, 5) is 23.1. The predicted molar refractivity (Wildman–Crippen MR) is 110 cm³/mol. The van der Waals surface area contributed by atoms with Crippen LogP contribution in [0.5, 0.6) is 0 Å². The van der Waals surface area contributed by atoms with E-state index in [-0.39, 0.29) is 12.6 Å².